The van der Waals surface area contributed by atoms with E-state index in [9.17, 15) is 0 Å². The highest BCUT2D eigenvalue weighted by atomic mass is 35.5. The topological polar surface area (TPSA) is 56.5 Å². The zero-order valence-corrected chi connectivity index (χ0v) is 14.7. The van der Waals surface area contributed by atoms with Gasteiger partial charge in [0.15, 0.2) is 0 Å². The molecular weight excluding hydrogens is 312 g/mol. The zero-order valence-electron chi connectivity index (χ0n) is 13.9. The van der Waals surface area contributed by atoms with Crippen LogP contribution >= 0.6 is 11.6 Å². The lowest BCUT2D eigenvalue weighted by Gasteiger charge is -2.17. The highest BCUT2D eigenvalue weighted by Gasteiger charge is 2.11. The maximum absolute atomic E-state index is 6.29. The molecule has 0 aliphatic heterocycles. The van der Waals surface area contributed by atoms with Gasteiger partial charge in [-0.2, -0.15) is 0 Å². The zero-order chi connectivity index (χ0) is 17.0. The fourth-order valence-corrected chi connectivity index (χ4v) is 2.59. The van der Waals surface area contributed by atoms with E-state index in [1.807, 2.05) is 45.0 Å². The van der Waals surface area contributed by atoms with Gasteiger partial charge in [-0.15, -0.1) is 0 Å². The molecule has 1 atom stereocenters. The van der Waals surface area contributed by atoms with Gasteiger partial charge in [0, 0.05) is 18.5 Å². The van der Waals surface area contributed by atoms with Gasteiger partial charge in [-0.3, -0.25) is 0 Å². The van der Waals surface area contributed by atoms with Crippen LogP contribution in [-0.2, 0) is 11.2 Å². The molecule has 2 aromatic carbocycles. The third-order valence-corrected chi connectivity index (χ3v) is 3.93. The molecule has 0 amide bonds. The van der Waals surface area contributed by atoms with Crippen LogP contribution in [0.15, 0.2) is 30.3 Å². The van der Waals surface area contributed by atoms with Crippen LogP contribution in [0, 0.1) is 6.92 Å². The lowest BCUT2D eigenvalue weighted by atomic mass is 10.1. The van der Waals surface area contributed by atoms with Gasteiger partial charge >= 0.3 is 0 Å². The van der Waals surface area contributed by atoms with Crippen LogP contribution in [0.25, 0.3) is 0 Å². The highest BCUT2D eigenvalue weighted by Crippen LogP contribution is 2.36. The molecule has 3 N–H and O–H groups in total. The van der Waals surface area contributed by atoms with Crippen molar-refractivity contribution in [3.63, 3.8) is 0 Å². The summed E-state index contributed by atoms with van der Waals surface area (Å²) >= 11 is 6.29. The molecule has 124 valence electrons. The summed E-state index contributed by atoms with van der Waals surface area (Å²) in [6.07, 6.45) is 0.739. The van der Waals surface area contributed by atoms with Gasteiger partial charge in [-0.1, -0.05) is 18.5 Å². The normalized spacial score (nSPS) is 12.0. The first-order valence-corrected chi connectivity index (χ1v) is 7.98. The molecule has 0 fully saturated rings. The van der Waals surface area contributed by atoms with E-state index in [1.165, 1.54) is 0 Å². The number of nitrogen functional groups attached to an aromatic ring is 1. The molecule has 5 heteroatoms. The first-order valence-electron chi connectivity index (χ1n) is 7.60. The monoisotopic (exact) mass is 334 g/mol. The number of nitrogens with one attached hydrogen (secondary N) is 1. The minimum Gasteiger partial charge on any atom is -0.456 e. The molecule has 0 aliphatic carbocycles. The van der Waals surface area contributed by atoms with E-state index in [4.69, 9.17) is 26.8 Å². The minimum absolute atomic E-state index is 0.0568. The fraction of sp³-hybridized carbons (Fsp3) is 0.333. The van der Waals surface area contributed by atoms with E-state index in [1.54, 1.807) is 13.2 Å². The molecular formula is C18H23ClN2O2. The quantitative estimate of drug-likeness (QED) is 0.577. The summed E-state index contributed by atoms with van der Waals surface area (Å²) in [6, 6.07) is 9.45. The van der Waals surface area contributed by atoms with Gasteiger partial charge in [-0.25, -0.2) is 0 Å². The molecule has 0 aliphatic rings. The van der Waals surface area contributed by atoms with E-state index in [-0.39, 0.29) is 6.23 Å². The molecule has 0 aromatic heterocycles. The van der Waals surface area contributed by atoms with Crippen LogP contribution in [0.3, 0.4) is 0 Å². The summed E-state index contributed by atoms with van der Waals surface area (Å²) in [5, 5.41) is 3.79. The number of hydrogen-bond acceptors (Lipinski definition) is 4. The van der Waals surface area contributed by atoms with Crippen molar-refractivity contribution in [1.82, 2.24) is 0 Å². The third-order valence-electron chi connectivity index (χ3n) is 3.65. The number of hydrogen-bond donors (Lipinski definition) is 2. The molecule has 0 spiro atoms. The number of methoxy groups -OCH3 is 1. The average Bonchev–Trinajstić information content (AvgIpc) is 2.52. The second-order valence-corrected chi connectivity index (χ2v) is 5.85. The maximum Gasteiger partial charge on any atom is 0.149 e. The molecule has 0 radical (unpaired) electrons. The van der Waals surface area contributed by atoms with Crippen molar-refractivity contribution in [1.29, 1.82) is 0 Å². The third kappa shape index (κ3) is 4.30. The Bertz CT molecular complexity index is 689. The fourth-order valence-electron chi connectivity index (χ4n) is 2.31. The highest BCUT2D eigenvalue weighted by molar-refractivity contribution is 6.32. The molecule has 0 bridgehead atoms. The Morgan fingerprint density at radius 1 is 1.26 bits per heavy atom. The number of anilines is 2. The number of halogens is 1. The van der Waals surface area contributed by atoms with Crippen molar-refractivity contribution in [3.8, 4) is 11.5 Å². The summed E-state index contributed by atoms with van der Waals surface area (Å²) < 4.78 is 11.2. The predicted molar refractivity (Wildman–Crippen MR) is 96.6 cm³/mol. The molecule has 2 rings (SSSR count). The number of benzene rings is 2. The summed E-state index contributed by atoms with van der Waals surface area (Å²) in [5.74, 6) is 1.40. The molecule has 0 heterocycles. The minimum atomic E-state index is -0.0568. The van der Waals surface area contributed by atoms with Gasteiger partial charge in [0.25, 0.3) is 0 Å². The van der Waals surface area contributed by atoms with E-state index < -0.39 is 0 Å². The second-order valence-electron chi connectivity index (χ2n) is 5.45. The Labute approximate surface area is 142 Å². The van der Waals surface area contributed by atoms with E-state index in [0.717, 1.165) is 29.0 Å². The summed E-state index contributed by atoms with van der Waals surface area (Å²) in [6.45, 7) is 6.01. The average molecular weight is 335 g/mol. The lowest BCUT2D eigenvalue weighted by molar-refractivity contribution is 0.141. The summed E-state index contributed by atoms with van der Waals surface area (Å²) in [4.78, 5) is 0. The number of rotatable bonds is 6. The van der Waals surface area contributed by atoms with Crippen LogP contribution in [0.2, 0.25) is 5.02 Å². The van der Waals surface area contributed by atoms with Gasteiger partial charge in [-0.05, 0) is 61.7 Å². The van der Waals surface area contributed by atoms with Crippen molar-refractivity contribution in [3.05, 3.63) is 46.5 Å². The molecule has 4 nitrogen and oxygen atoms in total. The van der Waals surface area contributed by atoms with Crippen LogP contribution in [-0.4, -0.2) is 13.3 Å². The number of nitrogens with two attached hydrogens (primary N) is 1. The molecule has 0 saturated carbocycles. The molecule has 0 saturated heterocycles. The Morgan fingerprint density at radius 3 is 2.61 bits per heavy atom. The first kappa shape index (κ1) is 17.4. The number of ether oxygens (including phenoxy) is 2. The van der Waals surface area contributed by atoms with Gasteiger partial charge in [0.2, 0.25) is 0 Å². The molecule has 23 heavy (non-hydrogen) atoms. The van der Waals surface area contributed by atoms with Crippen LogP contribution in [0.1, 0.15) is 25.0 Å². The predicted octanol–water partition coefficient (Wildman–Crippen LogP) is 4.99. The van der Waals surface area contributed by atoms with Gasteiger partial charge in [0.05, 0.1) is 5.02 Å². The van der Waals surface area contributed by atoms with Crippen LogP contribution in [0.4, 0.5) is 11.4 Å². The van der Waals surface area contributed by atoms with E-state index in [0.29, 0.717) is 16.5 Å². The summed E-state index contributed by atoms with van der Waals surface area (Å²) in [5.41, 5.74) is 9.54. The van der Waals surface area contributed by atoms with Gasteiger partial charge < -0.3 is 20.5 Å². The number of aryl methyl sites for hydroxylation is 2. The Balaban J connectivity index is 2.26. The largest absolute Gasteiger partial charge is 0.456 e. The van der Waals surface area contributed by atoms with Crippen molar-refractivity contribution in [2.24, 2.45) is 0 Å². The lowest BCUT2D eigenvalue weighted by Crippen LogP contribution is -2.17. The standard InChI is InChI=1S/C18H23ClN2O2/c1-5-13-9-14(20)10-16(19)18(13)23-15-6-7-17(11(2)8-15)21-12(3)22-4/h6-10,12,21H,5,20H2,1-4H3. The molecule has 2 aromatic rings. The van der Waals surface area contributed by atoms with Crippen molar-refractivity contribution in [2.75, 3.05) is 18.2 Å². The van der Waals surface area contributed by atoms with E-state index >= 15 is 0 Å². The maximum atomic E-state index is 6.29. The first-order chi connectivity index (χ1) is 10.9. The smallest absolute Gasteiger partial charge is 0.149 e. The SMILES string of the molecule is CCc1cc(N)cc(Cl)c1Oc1ccc(NC(C)OC)c(C)c1. The Morgan fingerprint density at radius 2 is 2.00 bits per heavy atom. The van der Waals surface area contributed by atoms with Crippen molar-refractivity contribution >= 4 is 23.0 Å². The van der Waals surface area contributed by atoms with E-state index in [2.05, 4.69) is 5.32 Å². The van der Waals surface area contributed by atoms with Crippen LogP contribution in [0.5, 0.6) is 11.5 Å². The Kier molecular flexibility index (Phi) is 5.74. The van der Waals surface area contributed by atoms with Crippen molar-refractivity contribution in [2.45, 2.75) is 33.4 Å². The molecule has 1 unspecified atom stereocenters. The second kappa shape index (κ2) is 7.57. The summed E-state index contributed by atoms with van der Waals surface area (Å²) in [7, 11) is 1.67. The van der Waals surface area contributed by atoms with Crippen LogP contribution < -0.4 is 15.8 Å². The van der Waals surface area contributed by atoms with Crippen molar-refractivity contribution < 1.29 is 9.47 Å². The van der Waals surface area contributed by atoms with Gasteiger partial charge in [0.1, 0.15) is 17.7 Å². The Hall–Kier alpha value is -1.91.